The zero-order chi connectivity index (χ0) is 7.61. The molecule has 0 bridgehead atoms. The Morgan fingerprint density at radius 2 is 1.36 bits per heavy atom. The summed E-state index contributed by atoms with van der Waals surface area (Å²) in [5.74, 6) is 0. The van der Waals surface area contributed by atoms with E-state index in [2.05, 4.69) is 0 Å². The third-order valence-electron chi connectivity index (χ3n) is 1.18. The molecule has 1 aromatic carbocycles. The van der Waals surface area contributed by atoms with Crippen molar-refractivity contribution < 1.29 is 64.3 Å². The summed E-state index contributed by atoms with van der Waals surface area (Å²) in [4.78, 5) is 0. The summed E-state index contributed by atoms with van der Waals surface area (Å²) in [5.41, 5.74) is -0.539. The first kappa shape index (κ1) is 11.7. The van der Waals surface area contributed by atoms with Crippen LogP contribution in [0, 0.1) is 0 Å². The Balaban J connectivity index is 0.000001000. The molecule has 0 nitrogen and oxygen atoms in total. The van der Waals surface area contributed by atoms with Crippen LogP contribution in [0.25, 0.3) is 0 Å². The van der Waals surface area contributed by atoms with Crippen molar-refractivity contribution in [1.82, 2.24) is 0 Å². The zero-order valence-electron chi connectivity index (χ0n) is 6.10. The molecule has 0 N–H and O–H groups in total. The average Bonchev–Trinajstić information content (AvgIpc) is 1.88. The second kappa shape index (κ2) is 4.67. The Morgan fingerprint density at radius 3 is 1.64 bits per heavy atom. The zero-order valence-corrected chi connectivity index (χ0v) is 9.22. The maximum Gasteiger partial charge on any atom is 1.00 e. The largest absolute Gasteiger partial charge is 1.00 e. The van der Waals surface area contributed by atoms with Crippen molar-refractivity contribution >= 4 is 12.4 Å². The van der Waals surface area contributed by atoms with Gasteiger partial charge in [-0.1, -0.05) is 30.3 Å². The van der Waals surface area contributed by atoms with Gasteiger partial charge in [0.1, 0.15) is 0 Å². The minimum Gasteiger partial charge on any atom is -0.445 e. The van der Waals surface area contributed by atoms with Crippen molar-refractivity contribution in [3.8, 4) is 0 Å². The summed E-state index contributed by atoms with van der Waals surface area (Å²) in [6, 6.07) is 6.46. The molecule has 1 rings (SSSR count). The minimum atomic E-state index is -4.80. The normalized spacial score (nSPS) is 10.5. The Labute approximate surface area is 106 Å². The first-order valence-corrected chi connectivity index (χ1v) is 2.85. The van der Waals surface area contributed by atoms with Gasteiger partial charge in [-0.25, -0.2) is 0 Å². The van der Waals surface area contributed by atoms with E-state index in [9.17, 15) is 12.9 Å². The predicted octanol–water partition coefficient (Wildman–Crippen LogP) is -1.25. The van der Waals surface area contributed by atoms with Crippen LogP contribution in [-0.2, 0) is 0 Å². The van der Waals surface area contributed by atoms with Crippen LogP contribution in [0.3, 0.4) is 0 Å². The van der Waals surface area contributed by atoms with Crippen molar-refractivity contribution in [1.29, 1.82) is 0 Å². The van der Waals surface area contributed by atoms with E-state index in [1.807, 2.05) is 0 Å². The molecule has 0 saturated heterocycles. The molecule has 0 saturated carbocycles. The number of hydrogen-bond acceptors (Lipinski definition) is 0. The molecule has 0 aliphatic heterocycles. The van der Waals surface area contributed by atoms with Gasteiger partial charge in [0.2, 0.25) is 0 Å². The quantitative estimate of drug-likeness (QED) is 0.478. The van der Waals surface area contributed by atoms with E-state index in [-0.39, 0.29) is 51.4 Å². The minimum absolute atomic E-state index is 0. The Bertz CT molecular complexity index is 209. The SMILES string of the molecule is F[B-](F)(F)c1ccccc1.[K+]. The van der Waals surface area contributed by atoms with Crippen LogP contribution in [0.2, 0.25) is 0 Å². The van der Waals surface area contributed by atoms with E-state index in [0.29, 0.717) is 0 Å². The molecule has 0 aromatic heterocycles. The van der Waals surface area contributed by atoms with Crippen LogP contribution in [0.15, 0.2) is 30.3 Å². The molecule has 0 radical (unpaired) electrons. The Hall–Kier alpha value is 0.711. The predicted molar refractivity (Wildman–Crippen MR) is 35.2 cm³/mol. The van der Waals surface area contributed by atoms with Crippen molar-refractivity contribution in [3.05, 3.63) is 30.3 Å². The van der Waals surface area contributed by atoms with Gasteiger partial charge in [0, 0.05) is 0 Å². The van der Waals surface area contributed by atoms with Gasteiger partial charge in [-0.3, -0.25) is 0 Å². The van der Waals surface area contributed by atoms with Gasteiger partial charge in [0.25, 0.3) is 0 Å². The Kier molecular flexibility index (Phi) is 4.97. The molecule has 0 unspecified atom stereocenters. The van der Waals surface area contributed by atoms with Gasteiger partial charge in [-0.15, -0.1) is 5.46 Å². The third-order valence-corrected chi connectivity index (χ3v) is 1.18. The van der Waals surface area contributed by atoms with Crippen molar-refractivity contribution in [2.45, 2.75) is 0 Å². The fourth-order valence-corrected chi connectivity index (χ4v) is 0.671. The van der Waals surface area contributed by atoms with Crippen LogP contribution >= 0.6 is 0 Å². The topological polar surface area (TPSA) is 0 Å². The molecule has 11 heavy (non-hydrogen) atoms. The van der Waals surface area contributed by atoms with Crippen LogP contribution in [0.4, 0.5) is 12.9 Å². The van der Waals surface area contributed by atoms with Gasteiger partial charge in [-0.2, -0.15) is 0 Å². The monoisotopic (exact) mass is 184 g/mol. The first-order chi connectivity index (χ1) is 4.61. The molecular formula is C6H5BF3K. The van der Waals surface area contributed by atoms with Crippen LogP contribution in [0.5, 0.6) is 0 Å². The molecule has 0 aliphatic carbocycles. The summed E-state index contributed by atoms with van der Waals surface area (Å²) in [6.07, 6.45) is 0. The van der Waals surface area contributed by atoms with E-state index >= 15 is 0 Å². The smallest absolute Gasteiger partial charge is 0.445 e. The van der Waals surface area contributed by atoms with E-state index in [0.717, 1.165) is 12.1 Å². The van der Waals surface area contributed by atoms with Gasteiger partial charge in [0.05, 0.1) is 0 Å². The standard InChI is InChI=1S/C6H5BF3.K/c8-7(9,10)6-4-2-1-3-5-6;/h1-5H;/q-1;+1. The van der Waals surface area contributed by atoms with Crippen LogP contribution < -0.4 is 56.8 Å². The molecule has 1 aromatic rings. The molecule has 0 fully saturated rings. The van der Waals surface area contributed by atoms with Gasteiger partial charge in [-0.05, 0) is 0 Å². The van der Waals surface area contributed by atoms with E-state index < -0.39 is 12.4 Å². The van der Waals surface area contributed by atoms with E-state index in [1.165, 1.54) is 12.1 Å². The fraction of sp³-hybridized carbons (Fsp3) is 0. The van der Waals surface area contributed by atoms with Gasteiger partial charge < -0.3 is 12.9 Å². The van der Waals surface area contributed by atoms with E-state index in [1.54, 1.807) is 6.07 Å². The van der Waals surface area contributed by atoms with Gasteiger partial charge in [0.15, 0.2) is 0 Å². The summed E-state index contributed by atoms with van der Waals surface area (Å²) in [7, 11) is 0. The molecule has 54 valence electrons. The molecule has 0 spiro atoms. The molecule has 0 atom stereocenters. The van der Waals surface area contributed by atoms with Crippen LogP contribution in [0.1, 0.15) is 0 Å². The first-order valence-electron chi connectivity index (χ1n) is 2.85. The van der Waals surface area contributed by atoms with Crippen molar-refractivity contribution in [2.75, 3.05) is 0 Å². The third kappa shape index (κ3) is 3.76. The summed E-state index contributed by atoms with van der Waals surface area (Å²) in [5, 5.41) is 0. The number of hydrogen-bond donors (Lipinski definition) is 0. The number of rotatable bonds is 1. The van der Waals surface area contributed by atoms with Crippen LogP contribution in [-0.4, -0.2) is 6.98 Å². The van der Waals surface area contributed by atoms with Crippen molar-refractivity contribution in [3.63, 3.8) is 0 Å². The molecule has 0 aliphatic rings. The summed E-state index contributed by atoms with van der Waals surface area (Å²) < 4.78 is 35.6. The summed E-state index contributed by atoms with van der Waals surface area (Å²) >= 11 is 0. The van der Waals surface area contributed by atoms with E-state index in [4.69, 9.17) is 0 Å². The molecule has 0 heterocycles. The maximum atomic E-state index is 11.9. The second-order valence-corrected chi connectivity index (χ2v) is 1.99. The number of halogens is 3. The molecule has 5 heteroatoms. The fourth-order valence-electron chi connectivity index (χ4n) is 0.671. The average molecular weight is 184 g/mol. The Morgan fingerprint density at radius 1 is 0.909 bits per heavy atom. The maximum absolute atomic E-state index is 11.9. The van der Waals surface area contributed by atoms with Gasteiger partial charge >= 0.3 is 58.4 Å². The second-order valence-electron chi connectivity index (χ2n) is 1.99. The molecule has 0 amide bonds. The summed E-state index contributed by atoms with van der Waals surface area (Å²) in [6.45, 7) is -4.80. The number of benzene rings is 1. The molecular weight excluding hydrogens is 179 g/mol. The van der Waals surface area contributed by atoms with Crippen molar-refractivity contribution in [2.24, 2.45) is 0 Å².